The van der Waals surface area contributed by atoms with E-state index >= 15 is 0 Å². The zero-order valence-electron chi connectivity index (χ0n) is 19.6. The van der Waals surface area contributed by atoms with Crippen molar-refractivity contribution in [2.24, 2.45) is 0 Å². The number of unbranched alkanes of at least 4 members (excludes halogenated alkanes) is 12. The maximum absolute atomic E-state index is 5.99. The van der Waals surface area contributed by atoms with Gasteiger partial charge in [-0.25, -0.2) is 9.13 Å². The molecule has 0 bridgehead atoms. The molecule has 2 aromatic rings. The van der Waals surface area contributed by atoms with Gasteiger partial charge >= 0.3 is 0 Å². The highest BCUT2D eigenvalue weighted by atomic mass is 35.5. The van der Waals surface area contributed by atoms with E-state index in [9.17, 15) is 0 Å². The van der Waals surface area contributed by atoms with E-state index in [-0.39, 0.29) is 12.4 Å². The summed E-state index contributed by atoms with van der Waals surface area (Å²) >= 11 is 0. The van der Waals surface area contributed by atoms with Crippen LogP contribution in [0.25, 0.3) is 11.0 Å². The van der Waals surface area contributed by atoms with Crippen molar-refractivity contribution in [1.82, 2.24) is 4.57 Å². The zero-order chi connectivity index (χ0) is 20.6. The smallest absolute Gasteiger partial charge is 0.246 e. The number of benzene rings is 1. The van der Waals surface area contributed by atoms with Gasteiger partial charge in [0.25, 0.3) is 0 Å². The van der Waals surface area contributed by atoms with Crippen LogP contribution < -0.4 is 17.0 Å². The normalized spacial score (nSPS) is 11.1. The molecule has 1 aromatic heterocycles. The van der Waals surface area contributed by atoms with Gasteiger partial charge in [0.05, 0.1) is 13.2 Å². The number of para-hydroxylation sites is 2. The first-order valence-corrected chi connectivity index (χ1v) is 12.4. The maximum Gasteiger partial charge on any atom is 0.246 e. The van der Waals surface area contributed by atoms with Crippen molar-refractivity contribution >= 4 is 11.0 Å². The molecule has 0 radical (unpaired) electrons. The second kappa shape index (κ2) is 17.6. The summed E-state index contributed by atoms with van der Waals surface area (Å²) in [5.74, 6) is 0. The third-order valence-electron chi connectivity index (χ3n) is 5.90. The molecule has 172 valence electrons. The lowest BCUT2D eigenvalue weighted by atomic mass is 10.1. The molecule has 0 unspecified atom stereocenters. The Morgan fingerprint density at radius 1 is 0.733 bits per heavy atom. The molecule has 0 fully saturated rings. The van der Waals surface area contributed by atoms with Crippen molar-refractivity contribution in [3.05, 3.63) is 30.6 Å². The minimum atomic E-state index is 0. The van der Waals surface area contributed by atoms with Gasteiger partial charge in [-0.1, -0.05) is 103 Å². The van der Waals surface area contributed by atoms with Crippen LogP contribution in [0.1, 0.15) is 104 Å². The number of aromatic nitrogens is 2. The number of aryl methyl sites for hydroxylation is 1. The fourth-order valence-electron chi connectivity index (χ4n) is 4.06. The van der Waals surface area contributed by atoms with Gasteiger partial charge in [-0.2, -0.15) is 0 Å². The molecule has 0 aliphatic heterocycles. The first-order valence-electron chi connectivity index (χ1n) is 12.4. The Morgan fingerprint density at radius 3 is 1.93 bits per heavy atom. The molecule has 0 atom stereocenters. The van der Waals surface area contributed by atoms with E-state index in [2.05, 4.69) is 53.6 Å². The second-order valence-corrected chi connectivity index (χ2v) is 8.55. The minimum Gasteiger partial charge on any atom is -1.00 e. The number of rotatable bonds is 18. The van der Waals surface area contributed by atoms with Crippen LogP contribution in [0.2, 0.25) is 0 Å². The highest BCUT2D eigenvalue weighted by molar-refractivity contribution is 5.71. The lowest BCUT2D eigenvalue weighted by Gasteiger charge is -2.04. The summed E-state index contributed by atoms with van der Waals surface area (Å²) in [6.07, 6.45) is 21.3. The van der Waals surface area contributed by atoms with Gasteiger partial charge in [0.1, 0.15) is 0 Å². The van der Waals surface area contributed by atoms with E-state index in [1.165, 1.54) is 101 Å². The fraction of sp³-hybridized carbons (Fsp3) is 0.731. The van der Waals surface area contributed by atoms with E-state index in [1.54, 1.807) is 0 Å². The van der Waals surface area contributed by atoms with Gasteiger partial charge in [-0.3, -0.25) is 0 Å². The number of hydrogen-bond acceptors (Lipinski definition) is 1. The molecule has 30 heavy (non-hydrogen) atoms. The molecule has 1 heterocycles. The lowest BCUT2D eigenvalue weighted by molar-refractivity contribution is -0.710. The van der Waals surface area contributed by atoms with Gasteiger partial charge in [0.2, 0.25) is 6.33 Å². The van der Waals surface area contributed by atoms with Crippen LogP contribution in [-0.2, 0) is 18.0 Å². The predicted octanol–water partition coefficient (Wildman–Crippen LogP) is 4.41. The van der Waals surface area contributed by atoms with Crippen LogP contribution >= 0.6 is 0 Å². The zero-order valence-corrected chi connectivity index (χ0v) is 20.3. The third kappa shape index (κ3) is 10.3. The van der Waals surface area contributed by atoms with E-state index in [0.29, 0.717) is 6.73 Å². The Labute approximate surface area is 191 Å². The first-order chi connectivity index (χ1) is 14.4. The average Bonchev–Trinajstić information content (AvgIpc) is 3.10. The quantitative estimate of drug-likeness (QED) is 0.250. The van der Waals surface area contributed by atoms with Gasteiger partial charge in [-0.15, -0.1) is 0 Å². The lowest BCUT2D eigenvalue weighted by Crippen LogP contribution is -3.00. The maximum atomic E-state index is 5.99. The summed E-state index contributed by atoms with van der Waals surface area (Å²) < 4.78 is 10.6. The van der Waals surface area contributed by atoms with E-state index in [1.807, 2.05) is 0 Å². The Bertz CT molecular complexity index is 656. The molecule has 4 heteroatoms. The minimum absolute atomic E-state index is 0. The Kier molecular flexibility index (Phi) is 15.8. The molecule has 1 aromatic carbocycles. The molecule has 0 saturated carbocycles. The van der Waals surface area contributed by atoms with Gasteiger partial charge in [0, 0.05) is 0 Å². The molecule has 0 spiro atoms. The molecule has 0 saturated heterocycles. The number of hydrogen-bond donors (Lipinski definition) is 0. The number of imidazole rings is 1. The van der Waals surface area contributed by atoms with Crippen LogP contribution in [0.3, 0.4) is 0 Å². The summed E-state index contributed by atoms with van der Waals surface area (Å²) in [6.45, 7) is 7.16. The van der Waals surface area contributed by atoms with Crippen LogP contribution in [0.4, 0.5) is 0 Å². The average molecular weight is 437 g/mol. The molecular weight excluding hydrogens is 392 g/mol. The van der Waals surface area contributed by atoms with Crippen molar-refractivity contribution in [3.63, 3.8) is 0 Å². The summed E-state index contributed by atoms with van der Waals surface area (Å²) in [5, 5.41) is 0. The number of nitrogens with zero attached hydrogens (tertiary/aromatic N) is 2. The summed E-state index contributed by atoms with van der Waals surface area (Å²) in [6, 6.07) is 8.66. The highest BCUT2D eigenvalue weighted by Gasteiger charge is 2.14. The van der Waals surface area contributed by atoms with Gasteiger partial charge in [-0.05, 0) is 25.0 Å². The van der Waals surface area contributed by atoms with Crippen molar-refractivity contribution in [2.45, 2.75) is 117 Å². The second-order valence-electron chi connectivity index (χ2n) is 8.55. The number of ether oxygens (including phenoxy) is 1. The van der Waals surface area contributed by atoms with E-state index in [4.69, 9.17) is 4.74 Å². The van der Waals surface area contributed by atoms with E-state index < -0.39 is 0 Å². The standard InChI is InChI=1S/C26H45N2O.ClH/c1-3-5-7-8-9-10-11-12-13-14-15-18-22-29-24-28-23-27(21-6-4-2)25-19-16-17-20-26(25)28;/h16-17,19-20,23H,3-15,18,21-22,24H2,1-2H3;1H/q+1;/p-1. The predicted molar refractivity (Wildman–Crippen MR) is 124 cm³/mol. The molecule has 3 nitrogen and oxygen atoms in total. The van der Waals surface area contributed by atoms with E-state index in [0.717, 1.165) is 13.2 Å². The van der Waals surface area contributed by atoms with Crippen molar-refractivity contribution in [2.75, 3.05) is 6.61 Å². The van der Waals surface area contributed by atoms with Crippen molar-refractivity contribution in [3.8, 4) is 0 Å². The highest BCUT2D eigenvalue weighted by Crippen LogP contribution is 2.13. The third-order valence-corrected chi connectivity index (χ3v) is 5.90. The van der Waals surface area contributed by atoms with Crippen LogP contribution in [0.5, 0.6) is 0 Å². The largest absolute Gasteiger partial charge is 1.00 e. The molecule has 0 amide bonds. The Hall–Kier alpha value is -1.06. The summed E-state index contributed by atoms with van der Waals surface area (Å²) in [4.78, 5) is 0. The van der Waals surface area contributed by atoms with Crippen molar-refractivity contribution < 1.29 is 21.7 Å². The number of fused-ring (bicyclic) bond motifs is 1. The van der Waals surface area contributed by atoms with Gasteiger partial charge < -0.3 is 17.1 Å². The summed E-state index contributed by atoms with van der Waals surface area (Å²) in [7, 11) is 0. The molecular formula is C26H45ClN2O. The van der Waals surface area contributed by atoms with Crippen LogP contribution in [-0.4, -0.2) is 11.2 Å². The molecule has 0 aliphatic rings. The summed E-state index contributed by atoms with van der Waals surface area (Å²) in [5.41, 5.74) is 2.59. The fourth-order valence-corrected chi connectivity index (χ4v) is 4.06. The monoisotopic (exact) mass is 436 g/mol. The molecule has 2 rings (SSSR count). The molecule has 0 aliphatic carbocycles. The Balaban J connectivity index is 0.00000450. The first kappa shape index (κ1) is 27.0. The Morgan fingerprint density at radius 2 is 1.30 bits per heavy atom. The topological polar surface area (TPSA) is 18.0 Å². The van der Waals surface area contributed by atoms with Crippen LogP contribution in [0, 0.1) is 0 Å². The van der Waals surface area contributed by atoms with Crippen molar-refractivity contribution in [1.29, 1.82) is 0 Å². The van der Waals surface area contributed by atoms with Crippen LogP contribution in [0.15, 0.2) is 30.6 Å². The molecule has 0 N–H and O–H groups in total. The van der Waals surface area contributed by atoms with Gasteiger partial charge in [0.15, 0.2) is 17.8 Å². The number of halogens is 1. The SMILES string of the molecule is CCCCCCCCCCCCCCOC[n+]1cn(CCCC)c2ccccc21.[Cl-].